The highest BCUT2D eigenvalue weighted by atomic mass is 32.2. The van der Waals surface area contributed by atoms with Crippen molar-refractivity contribution in [2.24, 2.45) is 5.92 Å². The summed E-state index contributed by atoms with van der Waals surface area (Å²) in [6.45, 7) is 9.63. The number of hydrogen-bond acceptors (Lipinski definition) is 7. The van der Waals surface area contributed by atoms with E-state index in [1.165, 1.54) is 27.8 Å². The third kappa shape index (κ3) is 5.85. The third-order valence-corrected chi connectivity index (χ3v) is 10.3. The van der Waals surface area contributed by atoms with Crippen LogP contribution in [0.15, 0.2) is 41.3 Å². The minimum Gasteiger partial charge on any atom is -0.494 e. The van der Waals surface area contributed by atoms with Gasteiger partial charge in [-0.05, 0) is 68.8 Å². The van der Waals surface area contributed by atoms with Gasteiger partial charge < -0.3 is 9.64 Å². The molecule has 38 heavy (non-hydrogen) atoms. The average Bonchev–Trinajstić information content (AvgIpc) is 3.37. The summed E-state index contributed by atoms with van der Waals surface area (Å²) in [5.41, 5.74) is 1.81. The molecule has 1 saturated heterocycles. The number of benzene rings is 2. The van der Waals surface area contributed by atoms with Crippen molar-refractivity contribution in [3.05, 3.63) is 47.8 Å². The van der Waals surface area contributed by atoms with Crippen molar-refractivity contribution in [2.75, 3.05) is 51.3 Å². The van der Waals surface area contributed by atoms with E-state index in [9.17, 15) is 17.6 Å². The van der Waals surface area contributed by atoms with Gasteiger partial charge in [-0.1, -0.05) is 31.3 Å². The first-order valence-corrected chi connectivity index (χ1v) is 15.2. The number of carbonyl (C=O) groups excluding carboxylic acids is 1. The van der Waals surface area contributed by atoms with Crippen LogP contribution in [0.3, 0.4) is 0 Å². The molecule has 1 aromatic heterocycles. The lowest BCUT2D eigenvalue weighted by molar-refractivity contribution is -0.123. The van der Waals surface area contributed by atoms with Crippen LogP contribution < -0.4 is 9.64 Å². The molecular formula is C27H35FN4O4S2. The van der Waals surface area contributed by atoms with Crippen LogP contribution in [-0.4, -0.2) is 74.9 Å². The topological polar surface area (TPSA) is 83.0 Å². The van der Waals surface area contributed by atoms with Crippen LogP contribution in [0.1, 0.15) is 32.3 Å². The highest BCUT2D eigenvalue weighted by Crippen LogP contribution is 2.37. The van der Waals surface area contributed by atoms with Crippen LogP contribution in [0, 0.1) is 18.7 Å². The number of halogens is 1. The van der Waals surface area contributed by atoms with Crippen LogP contribution in [-0.2, 0) is 14.8 Å². The summed E-state index contributed by atoms with van der Waals surface area (Å²) >= 11 is 1.48. The second kappa shape index (κ2) is 12.1. The number of fused-ring (bicyclic) bond motifs is 1. The zero-order chi connectivity index (χ0) is 27.4. The number of carbonyl (C=O) groups is 1. The van der Waals surface area contributed by atoms with Gasteiger partial charge in [0.25, 0.3) is 0 Å². The highest BCUT2D eigenvalue weighted by molar-refractivity contribution is 7.89. The number of sulfonamides is 1. The van der Waals surface area contributed by atoms with Gasteiger partial charge in [0.05, 0.1) is 16.7 Å². The quantitative estimate of drug-likeness (QED) is 0.361. The van der Waals surface area contributed by atoms with Gasteiger partial charge in [-0.3, -0.25) is 9.69 Å². The minimum absolute atomic E-state index is 0.0355. The second-order valence-electron chi connectivity index (χ2n) is 9.41. The van der Waals surface area contributed by atoms with Crippen molar-refractivity contribution < 1.29 is 22.3 Å². The molecule has 1 aliphatic heterocycles. The van der Waals surface area contributed by atoms with Gasteiger partial charge >= 0.3 is 0 Å². The van der Waals surface area contributed by atoms with Gasteiger partial charge in [0.15, 0.2) is 5.13 Å². The van der Waals surface area contributed by atoms with Crippen LogP contribution in [0.25, 0.3) is 10.2 Å². The van der Waals surface area contributed by atoms with Gasteiger partial charge in [0, 0.05) is 32.1 Å². The zero-order valence-electron chi connectivity index (χ0n) is 22.3. The molecule has 2 aromatic carbocycles. The number of aromatic nitrogens is 1. The van der Waals surface area contributed by atoms with Gasteiger partial charge in [-0.2, -0.15) is 4.31 Å². The van der Waals surface area contributed by atoms with E-state index in [1.807, 2.05) is 19.1 Å². The first kappa shape index (κ1) is 28.4. The predicted octanol–water partition coefficient (Wildman–Crippen LogP) is 4.53. The van der Waals surface area contributed by atoms with Crippen molar-refractivity contribution in [3.63, 3.8) is 0 Å². The molecular weight excluding hydrogens is 527 g/mol. The molecule has 1 amide bonds. The Balaban J connectivity index is 1.56. The number of piperidine rings is 1. The molecule has 4 rings (SSSR count). The maximum Gasteiger partial charge on any atom is 0.243 e. The average molecular weight is 563 g/mol. The Hall–Kier alpha value is -2.60. The fourth-order valence-corrected chi connectivity index (χ4v) is 7.33. The summed E-state index contributed by atoms with van der Waals surface area (Å²) < 4.78 is 47.3. The van der Waals surface area contributed by atoms with Crippen molar-refractivity contribution in [1.29, 1.82) is 0 Å². The molecule has 0 radical (unpaired) electrons. The number of thiazole rings is 1. The number of ether oxygens (including phenoxy) is 1. The van der Waals surface area contributed by atoms with E-state index in [1.54, 1.807) is 12.0 Å². The van der Waals surface area contributed by atoms with Gasteiger partial charge in [0.1, 0.15) is 17.1 Å². The van der Waals surface area contributed by atoms with E-state index < -0.39 is 15.8 Å². The molecule has 11 heteroatoms. The fourth-order valence-electron chi connectivity index (χ4n) is 4.78. The molecule has 3 aromatic rings. The summed E-state index contributed by atoms with van der Waals surface area (Å²) in [6.07, 6.45) is 0.822. The predicted molar refractivity (Wildman–Crippen MR) is 149 cm³/mol. The lowest BCUT2D eigenvalue weighted by atomic mass is 9.96. The van der Waals surface area contributed by atoms with E-state index in [0.29, 0.717) is 36.8 Å². The summed E-state index contributed by atoms with van der Waals surface area (Å²) in [5.74, 6) is -0.169. The number of amides is 1. The summed E-state index contributed by atoms with van der Waals surface area (Å²) in [7, 11) is -2.14. The summed E-state index contributed by atoms with van der Waals surface area (Å²) in [4.78, 5) is 22.8. The molecule has 0 atom stereocenters. The molecule has 1 aliphatic rings. The number of aryl methyl sites for hydroxylation is 1. The Labute approximate surface area is 228 Å². The third-order valence-electron chi connectivity index (χ3n) is 7.20. The normalized spacial score (nSPS) is 15.3. The van der Waals surface area contributed by atoms with Gasteiger partial charge in [0.2, 0.25) is 15.9 Å². The number of hydrogen-bond donors (Lipinski definition) is 0. The Morgan fingerprint density at radius 3 is 2.37 bits per heavy atom. The molecule has 0 bridgehead atoms. The van der Waals surface area contributed by atoms with Crippen molar-refractivity contribution >= 4 is 42.6 Å². The van der Waals surface area contributed by atoms with E-state index in [0.717, 1.165) is 41.0 Å². The Kier molecular flexibility index (Phi) is 9.02. The van der Waals surface area contributed by atoms with Gasteiger partial charge in [-0.25, -0.2) is 17.8 Å². The van der Waals surface area contributed by atoms with Crippen molar-refractivity contribution in [1.82, 2.24) is 14.2 Å². The molecule has 0 spiro atoms. The number of likely N-dealkylation sites (N-methyl/N-ethyl adjacent to an activating group) is 1. The number of methoxy groups -OCH3 is 1. The Bertz CT molecular complexity index is 1370. The van der Waals surface area contributed by atoms with Gasteiger partial charge in [-0.15, -0.1) is 0 Å². The standard InChI is InChI=1S/C27H35FN4O4S2/c1-5-30(6-2)17-18-32(27-29-24-23(36-4)12-7-19(3)25(24)37-27)26(33)20-13-15-31(16-14-20)38(34,35)22-10-8-21(28)9-11-22/h7-12,20H,5-6,13-18H2,1-4H3. The van der Waals surface area contributed by atoms with E-state index in [2.05, 4.69) is 18.7 Å². The van der Waals surface area contributed by atoms with Crippen molar-refractivity contribution in [3.8, 4) is 5.75 Å². The number of anilines is 1. The Morgan fingerprint density at radius 1 is 1.11 bits per heavy atom. The Morgan fingerprint density at radius 2 is 1.76 bits per heavy atom. The largest absolute Gasteiger partial charge is 0.494 e. The molecule has 8 nitrogen and oxygen atoms in total. The maximum absolute atomic E-state index is 13.9. The molecule has 2 heterocycles. The van der Waals surface area contributed by atoms with Crippen LogP contribution in [0.4, 0.5) is 9.52 Å². The first-order valence-electron chi connectivity index (χ1n) is 12.9. The smallest absolute Gasteiger partial charge is 0.243 e. The second-order valence-corrected chi connectivity index (χ2v) is 12.3. The lowest BCUT2D eigenvalue weighted by Crippen LogP contribution is -2.46. The molecule has 206 valence electrons. The van der Waals surface area contributed by atoms with E-state index in [4.69, 9.17) is 9.72 Å². The van der Waals surface area contributed by atoms with Crippen LogP contribution >= 0.6 is 11.3 Å². The minimum atomic E-state index is -3.75. The highest BCUT2D eigenvalue weighted by Gasteiger charge is 2.35. The molecule has 0 aliphatic carbocycles. The molecule has 0 saturated carbocycles. The fraction of sp³-hybridized carbons (Fsp3) is 0.481. The van der Waals surface area contributed by atoms with Crippen molar-refractivity contribution in [2.45, 2.75) is 38.5 Å². The first-order chi connectivity index (χ1) is 18.2. The maximum atomic E-state index is 13.9. The van der Waals surface area contributed by atoms with Crippen LogP contribution in [0.2, 0.25) is 0 Å². The number of nitrogens with zero attached hydrogens (tertiary/aromatic N) is 4. The monoisotopic (exact) mass is 562 g/mol. The molecule has 0 unspecified atom stereocenters. The van der Waals surface area contributed by atoms with E-state index >= 15 is 0 Å². The lowest BCUT2D eigenvalue weighted by Gasteiger charge is -2.33. The summed E-state index contributed by atoms with van der Waals surface area (Å²) in [5, 5.41) is 0.631. The van der Waals surface area contributed by atoms with Crippen LogP contribution in [0.5, 0.6) is 5.75 Å². The van der Waals surface area contributed by atoms with E-state index in [-0.39, 0.29) is 29.8 Å². The molecule has 1 fully saturated rings. The number of rotatable bonds is 10. The molecule has 0 N–H and O–H groups in total. The SMILES string of the molecule is CCN(CC)CCN(C(=O)C1CCN(S(=O)(=O)c2ccc(F)cc2)CC1)c1nc2c(OC)ccc(C)c2s1. The summed E-state index contributed by atoms with van der Waals surface area (Å²) in [6, 6.07) is 8.72. The zero-order valence-corrected chi connectivity index (χ0v) is 23.9.